The van der Waals surface area contributed by atoms with Crippen LogP contribution in [0.15, 0.2) is 133 Å². The average molecular weight is 1080 g/mol. The number of cyclic esters (lactones) is 1. The Morgan fingerprint density at radius 2 is 1.11 bits per heavy atom. The van der Waals surface area contributed by atoms with Gasteiger partial charge in [0, 0.05) is 21.7 Å². The first-order valence-corrected chi connectivity index (χ1v) is 28.3. The van der Waals surface area contributed by atoms with Crippen LogP contribution in [0.25, 0.3) is 20.9 Å². The summed E-state index contributed by atoms with van der Waals surface area (Å²) >= 11 is 10.5. The third-order valence-electron chi connectivity index (χ3n) is 11.8. The second-order valence-corrected chi connectivity index (χ2v) is 22.6. The maximum atomic E-state index is 14.1. The molecule has 0 amide bonds. The number of carbonyl (C=O) groups is 5. The Hall–Kier alpha value is -6.15. The van der Waals surface area contributed by atoms with Gasteiger partial charge < -0.3 is 33.2 Å². The van der Waals surface area contributed by atoms with E-state index in [4.69, 9.17) is 57.6 Å². The third kappa shape index (κ3) is 14.3. The summed E-state index contributed by atoms with van der Waals surface area (Å²) in [5, 5.41) is 0. The number of esters is 5. The van der Waals surface area contributed by atoms with Crippen LogP contribution in [0.5, 0.6) is 11.5 Å². The monoisotopic (exact) mass is 1080 g/mol. The Kier molecular flexibility index (Phi) is 18.5. The Bertz CT molecular complexity index is 3040. The van der Waals surface area contributed by atoms with Crippen molar-refractivity contribution in [2.24, 2.45) is 11.8 Å². The van der Waals surface area contributed by atoms with Crippen molar-refractivity contribution in [1.29, 1.82) is 0 Å². The average Bonchev–Trinajstić information content (AvgIpc) is 4.14. The quantitative estimate of drug-likeness (QED) is 0.0226. The molecule has 372 valence electrons. The van der Waals surface area contributed by atoms with Crippen LogP contribution >= 0.6 is 65.8 Å². The molecule has 0 saturated heterocycles. The molecule has 0 radical (unpaired) electrons. The second kappa shape index (κ2) is 25.5. The Labute approximate surface area is 441 Å². The molecule has 4 aromatic carbocycles. The first-order valence-electron chi connectivity index (χ1n) is 23.1. The van der Waals surface area contributed by atoms with Gasteiger partial charge in [-0.2, -0.15) is 0 Å². The first-order chi connectivity index (χ1) is 35.0. The van der Waals surface area contributed by atoms with E-state index in [1.165, 1.54) is 36.4 Å². The number of carbonyl (C=O) groups excluding carboxylic acids is 5. The molecule has 5 atom stereocenters. The number of fused-ring (bicyclic) bond motifs is 1. The van der Waals surface area contributed by atoms with Crippen LogP contribution in [0.2, 0.25) is 0 Å². The van der Waals surface area contributed by atoms with Crippen molar-refractivity contribution in [2.45, 2.75) is 57.3 Å². The minimum Gasteiger partial charge on any atom is -0.490 e. The molecule has 12 nitrogen and oxygen atoms in total. The largest absolute Gasteiger partial charge is 0.490 e. The van der Waals surface area contributed by atoms with E-state index in [0.717, 1.165) is 34.9 Å². The van der Waals surface area contributed by atoms with Crippen LogP contribution in [-0.2, 0) is 28.5 Å². The molecule has 0 N–H and O–H groups in total. The minimum atomic E-state index is -1.02. The van der Waals surface area contributed by atoms with Gasteiger partial charge in [0.25, 0.3) is 0 Å². The normalized spacial score (nSPS) is 19.7. The lowest BCUT2D eigenvalue weighted by Gasteiger charge is -2.25. The highest BCUT2D eigenvalue weighted by atomic mass is 32.9. The molecular weight excluding hydrogens is 1030 g/mol. The molecule has 72 heavy (non-hydrogen) atoms. The molecule has 0 unspecified atom stereocenters. The van der Waals surface area contributed by atoms with Crippen molar-refractivity contribution in [3.8, 4) is 32.4 Å². The number of rotatable bonds is 16. The van der Waals surface area contributed by atoms with Crippen LogP contribution in [0.4, 0.5) is 0 Å². The summed E-state index contributed by atoms with van der Waals surface area (Å²) in [5.41, 5.74) is 2.05. The van der Waals surface area contributed by atoms with Gasteiger partial charge in [0.1, 0.15) is 57.8 Å². The van der Waals surface area contributed by atoms with Crippen LogP contribution in [0.3, 0.4) is 0 Å². The molecule has 18 heteroatoms. The van der Waals surface area contributed by atoms with Gasteiger partial charge in [-0.25, -0.2) is 24.0 Å². The molecule has 2 aliphatic rings. The summed E-state index contributed by atoms with van der Waals surface area (Å²) in [7, 11) is 6.30. The highest BCUT2D eigenvalue weighted by molar-refractivity contribution is 7.80. The Morgan fingerprint density at radius 1 is 0.611 bits per heavy atom. The molecule has 1 saturated carbocycles. The molecule has 1 aliphatic heterocycles. The summed E-state index contributed by atoms with van der Waals surface area (Å²) in [6, 6.07) is 31.4. The van der Waals surface area contributed by atoms with Gasteiger partial charge in [0.05, 0.1) is 28.4 Å². The fraction of sp³-hybridized carbons (Fsp3) is 0.278. The van der Waals surface area contributed by atoms with Crippen LogP contribution in [0, 0.1) is 19.5 Å². The maximum Gasteiger partial charge on any atom is 0.339 e. The summed E-state index contributed by atoms with van der Waals surface area (Å²) < 4.78 is 42.2. The van der Waals surface area contributed by atoms with E-state index in [-0.39, 0.29) is 67.1 Å². The minimum absolute atomic E-state index is 0.0153. The van der Waals surface area contributed by atoms with Gasteiger partial charge in [-0.1, -0.05) is 102 Å². The lowest BCUT2D eigenvalue weighted by molar-refractivity contribution is -0.142. The van der Waals surface area contributed by atoms with E-state index in [0.29, 0.717) is 30.8 Å². The first kappa shape index (κ1) is 52.2. The molecule has 1 aliphatic carbocycles. The topological polar surface area (TPSA) is 150 Å². The fourth-order valence-corrected chi connectivity index (χ4v) is 13.1. The fourth-order valence-electron chi connectivity index (χ4n) is 8.28. The number of allylic oxidation sites excluding steroid dienone is 2. The standard InChI is InChI=1S/C54H48O12S6/c1-33-9-3-2-4-10-36-29-39(65-53(58)42-13-7-5-11-40(42)51(56)62-27-25-60-37-19-15-34(16-20-37)46-31-49(67)71-69-46)30-44(36)45(23-24-48(55)64-33)66-54(59)43-14-8-6-12-41(43)52(57)63-28-26-61-38-21-17-35(18-22-38)47-32-50(68)72-70-47/h4-8,10-24,31-33,36,39,44-45H,2-3,9,25-30H2,1H3/b10-4+,24-23+/t33-,36+,39-,44+,45+/m0/s1. The predicted octanol–water partition coefficient (Wildman–Crippen LogP) is 13.2. The Balaban J connectivity index is 0.901. The lowest BCUT2D eigenvalue weighted by Crippen LogP contribution is -2.29. The van der Waals surface area contributed by atoms with Gasteiger partial charge in [-0.05, 0) is 147 Å². The van der Waals surface area contributed by atoms with Crippen LogP contribution in [0.1, 0.15) is 80.5 Å². The number of hydrogen-bond acceptors (Lipinski definition) is 18. The summed E-state index contributed by atoms with van der Waals surface area (Å²) in [4.78, 5) is 70.0. The lowest BCUT2D eigenvalue weighted by atomic mass is 9.89. The van der Waals surface area contributed by atoms with E-state index in [9.17, 15) is 24.0 Å². The van der Waals surface area contributed by atoms with E-state index < -0.39 is 48.0 Å². The molecule has 2 aromatic heterocycles. The van der Waals surface area contributed by atoms with Gasteiger partial charge in [-0.15, -0.1) is 0 Å². The molecule has 8 rings (SSSR count). The predicted molar refractivity (Wildman–Crippen MR) is 284 cm³/mol. The molecule has 3 heterocycles. The van der Waals surface area contributed by atoms with Crippen molar-refractivity contribution >= 4 is 95.6 Å². The van der Waals surface area contributed by atoms with Gasteiger partial charge in [0.2, 0.25) is 0 Å². The Morgan fingerprint density at radius 3 is 1.61 bits per heavy atom. The molecule has 6 aromatic rings. The smallest absolute Gasteiger partial charge is 0.339 e. The zero-order valence-electron chi connectivity index (χ0n) is 38.8. The zero-order chi connectivity index (χ0) is 50.4. The van der Waals surface area contributed by atoms with Crippen LogP contribution < -0.4 is 9.47 Å². The molecular formula is C54H48O12S6. The highest BCUT2D eigenvalue weighted by Crippen LogP contribution is 2.40. The number of ether oxygens (including phenoxy) is 7. The molecule has 1 fully saturated rings. The van der Waals surface area contributed by atoms with Gasteiger partial charge in [-0.3, -0.25) is 0 Å². The van der Waals surface area contributed by atoms with Gasteiger partial charge >= 0.3 is 29.8 Å². The van der Waals surface area contributed by atoms with E-state index in [1.807, 2.05) is 79.7 Å². The van der Waals surface area contributed by atoms with Crippen molar-refractivity contribution in [2.75, 3.05) is 26.4 Å². The van der Waals surface area contributed by atoms with Crippen molar-refractivity contribution in [3.63, 3.8) is 0 Å². The molecule has 0 spiro atoms. The maximum absolute atomic E-state index is 14.1. The van der Waals surface area contributed by atoms with E-state index in [1.54, 1.807) is 65.6 Å². The summed E-state index contributed by atoms with van der Waals surface area (Å²) in [5.74, 6) is -3.16. The van der Waals surface area contributed by atoms with Gasteiger partial charge in [0.15, 0.2) is 0 Å². The summed E-state index contributed by atoms with van der Waals surface area (Å²) in [6.07, 6.45) is 7.48. The van der Waals surface area contributed by atoms with Crippen molar-refractivity contribution in [3.05, 3.63) is 163 Å². The van der Waals surface area contributed by atoms with E-state index in [2.05, 4.69) is 0 Å². The zero-order valence-corrected chi connectivity index (χ0v) is 43.7. The second-order valence-electron chi connectivity index (χ2n) is 16.8. The van der Waals surface area contributed by atoms with Crippen molar-refractivity contribution < 1.29 is 57.1 Å². The van der Waals surface area contributed by atoms with Crippen LogP contribution in [-0.4, -0.2) is 74.6 Å². The van der Waals surface area contributed by atoms with Crippen molar-refractivity contribution in [1.82, 2.24) is 0 Å². The molecule has 0 bridgehead atoms. The van der Waals surface area contributed by atoms with E-state index >= 15 is 0 Å². The highest BCUT2D eigenvalue weighted by Gasteiger charge is 2.41. The summed E-state index contributed by atoms with van der Waals surface area (Å²) in [6.45, 7) is 1.81. The SMILES string of the molecule is C[C@H]1CCC/C=C/[C@@H]2C[C@H](OC(=O)c3ccccc3C(=O)OCCOc3ccc(-c4cc(=S)ss4)cc3)C[C@H]2[C@H](OC(=O)c2ccccc2C(=O)OCCOc2ccc(-c3cc(=S)ss3)cc2)/C=C/C(=O)O1. The third-order valence-corrected chi connectivity index (χ3v) is 17.6. The number of benzene rings is 4. The number of hydrogen-bond donors (Lipinski definition) is 0.